The molecule has 28 heavy (non-hydrogen) atoms. The van der Waals surface area contributed by atoms with Gasteiger partial charge < -0.3 is 25.4 Å². The van der Waals surface area contributed by atoms with Gasteiger partial charge in [-0.25, -0.2) is 0 Å². The van der Waals surface area contributed by atoms with Crippen LogP contribution in [0.4, 0.5) is 11.4 Å². The quantitative estimate of drug-likeness (QED) is 0.527. The maximum Gasteiger partial charge on any atom is 0.255 e. The molecule has 2 aromatic rings. The first-order valence-electron chi connectivity index (χ1n) is 8.76. The normalized spacial score (nSPS) is 9.93. The standard InChI is InChI=1S/C20H25N3O4.ClH/c1-3-27-18-10-8-17(9-11-18)23-20(25)15-4-6-16(7-5-15)22-19(24)14-21-12-13-26-2;/h4-11,21H,3,12-14H2,1-2H3,(H,22,24)(H,23,25);1H. The highest BCUT2D eigenvalue weighted by molar-refractivity contribution is 6.04. The predicted octanol–water partition coefficient (Wildman–Crippen LogP) is 2.93. The molecular formula is C20H26ClN3O4. The second-order valence-electron chi connectivity index (χ2n) is 5.71. The molecule has 8 heteroatoms. The fourth-order valence-corrected chi connectivity index (χ4v) is 2.29. The topological polar surface area (TPSA) is 88.7 Å². The number of rotatable bonds is 10. The molecule has 0 spiro atoms. The Hall–Kier alpha value is -2.61. The lowest BCUT2D eigenvalue weighted by Gasteiger charge is -2.09. The molecule has 2 amide bonds. The number of methoxy groups -OCH3 is 1. The molecule has 2 rings (SSSR count). The van der Waals surface area contributed by atoms with E-state index < -0.39 is 0 Å². The largest absolute Gasteiger partial charge is 0.494 e. The highest BCUT2D eigenvalue weighted by atomic mass is 35.5. The van der Waals surface area contributed by atoms with Gasteiger partial charge in [0.2, 0.25) is 5.91 Å². The maximum absolute atomic E-state index is 12.3. The third-order valence-corrected chi connectivity index (χ3v) is 3.62. The summed E-state index contributed by atoms with van der Waals surface area (Å²) in [6.07, 6.45) is 0. The van der Waals surface area contributed by atoms with E-state index in [2.05, 4.69) is 16.0 Å². The van der Waals surface area contributed by atoms with Crippen LogP contribution in [-0.2, 0) is 9.53 Å². The highest BCUT2D eigenvalue weighted by Crippen LogP contribution is 2.17. The first-order chi connectivity index (χ1) is 13.1. The molecule has 152 valence electrons. The summed E-state index contributed by atoms with van der Waals surface area (Å²) in [7, 11) is 1.61. The molecule has 0 saturated heterocycles. The number of benzene rings is 2. The monoisotopic (exact) mass is 407 g/mol. The molecule has 7 nitrogen and oxygen atoms in total. The molecule has 0 aliphatic carbocycles. The van der Waals surface area contributed by atoms with E-state index in [1.807, 2.05) is 6.92 Å². The van der Waals surface area contributed by atoms with Crippen molar-refractivity contribution in [1.29, 1.82) is 0 Å². The molecule has 0 unspecified atom stereocenters. The second-order valence-corrected chi connectivity index (χ2v) is 5.71. The van der Waals surface area contributed by atoms with Crippen molar-refractivity contribution in [1.82, 2.24) is 5.32 Å². The van der Waals surface area contributed by atoms with E-state index in [1.54, 1.807) is 55.6 Å². The van der Waals surface area contributed by atoms with Gasteiger partial charge in [0, 0.05) is 30.6 Å². The second kappa shape index (κ2) is 12.7. The molecule has 0 heterocycles. The summed E-state index contributed by atoms with van der Waals surface area (Å²) in [6, 6.07) is 13.9. The van der Waals surface area contributed by atoms with E-state index in [1.165, 1.54) is 0 Å². The minimum Gasteiger partial charge on any atom is -0.494 e. The lowest BCUT2D eigenvalue weighted by Crippen LogP contribution is -2.30. The maximum atomic E-state index is 12.3. The Kier molecular flexibility index (Phi) is 10.6. The van der Waals surface area contributed by atoms with E-state index in [9.17, 15) is 9.59 Å². The summed E-state index contributed by atoms with van der Waals surface area (Å²) in [5.74, 6) is 0.378. The molecule has 0 aromatic heterocycles. The predicted molar refractivity (Wildman–Crippen MR) is 113 cm³/mol. The zero-order valence-electron chi connectivity index (χ0n) is 16.0. The van der Waals surface area contributed by atoms with E-state index in [0.29, 0.717) is 36.7 Å². The fraction of sp³-hybridized carbons (Fsp3) is 0.300. The van der Waals surface area contributed by atoms with Gasteiger partial charge >= 0.3 is 0 Å². The SMILES string of the molecule is CCOc1ccc(NC(=O)c2ccc(NC(=O)CNCCOC)cc2)cc1.Cl. The Bertz CT molecular complexity index is 736. The number of nitrogens with one attached hydrogen (secondary N) is 3. The van der Waals surface area contributed by atoms with E-state index in [4.69, 9.17) is 9.47 Å². The van der Waals surface area contributed by atoms with Crippen molar-refractivity contribution >= 4 is 35.6 Å². The van der Waals surface area contributed by atoms with Crippen LogP contribution < -0.4 is 20.7 Å². The van der Waals surface area contributed by atoms with Gasteiger partial charge in [0.15, 0.2) is 0 Å². The first-order valence-corrected chi connectivity index (χ1v) is 8.76. The van der Waals surface area contributed by atoms with Crippen LogP contribution in [0, 0.1) is 0 Å². The van der Waals surface area contributed by atoms with E-state index in [0.717, 1.165) is 5.75 Å². The van der Waals surface area contributed by atoms with Crippen LogP contribution in [0.1, 0.15) is 17.3 Å². The first kappa shape index (κ1) is 23.4. The lowest BCUT2D eigenvalue weighted by atomic mass is 10.2. The zero-order chi connectivity index (χ0) is 19.5. The van der Waals surface area contributed by atoms with Gasteiger partial charge in [0.25, 0.3) is 5.91 Å². The molecule has 0 atom stereocenters. The molecule has 3 N–H and O–H groups in total. The van der Waals surface area contributed by atoms with Gasteiger partial charge in [-0.15, -0.1) is 12.4 Å². The van der Waals surface area contributed by atoms with Crippen LogP contribution in [0.3, 0.4) is 0 Å². The lowest BCUT2D eigenvalue weighted by molar-refractivity contribution is -0.115. The van der Waals surface area contributed by atoms with Crippen LogP contribution in [0.5, 0.6) is 5.75 Å². The third kappa shape index (κ3) is 7.96. The molecule has 0 fully saturated rings. The average molecular weight is 408 g/mol. The fourth-order valence-electron chi connectivity index (χ4n) is 2.29. The third-order valence-electron chi connectivity index (χ3n) is 3.62. The summed E-state index contributed by atoms with van der Waals surface area (Å²) in [5, 5.41) is 8.55. The Morgan fingerprint density at radius 3 is 2.14 bits per heavy atom. The van der Waals surface area contributed by atoms with E-state index >= 15 is 0 Å². The van der Waals surface area contributed by atoms with Crippen molar-refractivity contribution in [3.8, 4) is 5.75 Å². The summed E-state index contributed by atoms with van der Waals surface area (Å²) in [4.78, 5) is 24.1. The van der Waals surface area contributed by atoms with E-state index in [-0.39, 0.29) is 30.8 Å². The van der Waals surface area contributed by atoms with Gasteiger partial charge in [-0.2, -0.15) is 0 Å². The van der Waals surface area contributed by atoms with Crippen LogP contribution in [-0.4, -0.2) is 45.2 Å². The van der Waals surface area contributed by atoms with Crippen molar-refractivity contribution in [2.24, 2.45) is 0 Å². The van der Waals surface area contributed by atoms with Crippen molar-refractivity contribution < 1.29 is 19.1 Å². The molecule has 0 saturated carbocycles. The molecule has 2 aromatic carbocycles. The number of amides is 2. The summed E-state index contributed by atoms with van der Waals surface area (Å²) < 4.78 is 10.3. The minimum absolute atomic E-state index is 0. The average Bonchev–Trinajstić information content (AvgIpc) is 2.67. The molecular weight excluding hydrogens is 382 g/mol. The Morgan fingerprint density at radius 1 is 0.929 bits per heavy atom. The van der Waals surface area contributed by atoms with Gasteiger partial charge in [0.1, 0.15) is 5.75 Å². The number of hydrogen-bond acceptors (Lipinski definition) is 5. The minimum atomic E-state index is -0.224. The number of anilines is 2. The van der Waals surface area contributed by atoms with Crippen molar-refractivity contribution in [2.75, 3.05) is 44.0 Å². The molecule has 0 aliphatic heterocycles. The number of carbonyl (C=O) groups excluding carboxylic acids is 2. The van der Waals surface area contributed by atoms with Gasteiger partial charge in [-0.3, -0.25) is 9.59 Å². The Balaban J connectivity index is 0.00000392. The van der Waals surface area contributed by atoms with Gasteiger partial charge in [-0.1, -0.05) is 0 Å². The summed E-state index contributed by atoms with van der Waals surface area (Å²) in [5.41, 5.74) is 1.81. The van der Waals surface area contributed by atoms with Crippen molar-refractivity contribution in [2.45, 2.75) is 6.92 Å². The molecule has 0 bridgehead atoms. The summed E-state index contributed by atoms with van der Waals surface area (Å²) in [6.45, 7) is 3.86. The summed E-state index contributed by atoms with van der Waals surface area (Å²) >= 11 is 0. The highest BCUT2D eigenvalue weighted by Gasteiger charge is 2.07. The number of halogens is 1. The van der Waals surface area contributed by atoms with Gasteiger partial charge in [-0.05, 0) is 55.5 Å². The Labute approximate surface area is 171 Å². The van der Waals surface area contributed by atoms with Crippen LogP contribution in [0.2, 0.25) is 0 Å². The van der Waals surface area contributed by atoms with Crippen LogP contribution >= 0.6 is 12.4 Å². The molecule has 0 aliphatic rings. The zero-order valence-corrected chi connectivity index (χ0v) is 16.8. The Morgan fingerprint density at radius 2 is 1.54 bits per heavy atom. The van der Waals surface area contributed by atoms with Crippen LogP contribution in [0.15, 0.2) is 48.5 Å². The van der Waals surface area contributed by atoms with Crippen molar-refractivity contribution in [3.05, 3.63) is 54.1 Å². The molecule has 0 radical (unpaired) electrons. The van der Waals surface area contributed by atoms with Crippen LogP contribution in [0.25, 0.3) is 0 Å². The van der Waals surface area contributed by atoms with Gasteiger partial charge in [0.05, 0.1) is 19.8 Å². The number of ether oxygens (including phenoxy) is 2. The smallest absolute Gasteiger partial charge is 0.255 e. The number of hydrogen-bond donors (Lipinski definition) is 3. The number of carbonyl (C=O) groups is 2. The van der Waals surface area contributed by atoms with Crippen molar-refractivity contribution in [3.63, 3.8) is 0 Å².